The van der Waals surface area contributed by atoms with E-state index in [1.165, 1.54) is 7.11 Å². The first kappa shape index (κ1) is 21.6. The SMILES string of the molecule is CCCCC[C@H](O)/C=C/[C@H]1C=CC(=O)[C@@H]1CCCCCCC(=O)OC. The number of esters is 1. The third kappa shape index (κ3) is 9.01. The van der Waals surface area contributed by atoms with Gasteiger partial charge in [-0.15, -0.1) is 0 Å². The molecule has 0 bridgehead atoms. The summed E-state index contributed by atoms with van der Waals surface area (Å²) in [5.41, 5.74) is 0. The first-order valence-electron chi connectivity index (χ1n) is 9.73. The summed E-state index contributed by atoms with van der Waals surface area (Å²) < 4.78 is 4.62. The number of ketones is 1. The van der Waals surface area contributed by atoms with Crippen molar-refractivity contribution in [3.63, 3.8) is 0 Å². The van der Waals surface area contributed by atoms with Crippen LogP contribution in [0.4, 0.5) is 0 Å². The molecule has 0 amide bonds. The van der Waals surface area contributed by atoms with Crippen LogP contribution in [0.15, 0.2) is 24.3 Å². The molecule has 1 N–H and O–H groups in total. The Morgan fingerprint density at radius 1 is 1.24 bits per heavy atom. The Morgan fingerprint density at radius 2 is 2.00 bits per heavy atom. The van der Waals surface area contributed by atoms with Crippen LogP contribution in [0.1, 0.15) is 71.1 Å². The van der Waals surface area contributed by atoms with Crippen molar-refractivity contribution in [1.82, 2.24) is 0 Å². The van der Waals surface area contributed by atoms with E-state index in [1.54, 1.807) is 6.08 Å². The summed E-state index contributed by atoms with van der Waals surface area (Å²) in [5, 5.41) is 9.99. The predicted octanol–water partition coefficient (Wildman–Crippen LogP) is 4.37. The van der Waals surface area contributed by atoms with Crippen LogP contribution >= 0.6 is 0 Å². The van der Waals surface area contributed by atoms with E-state index in [0.717, 1.165) is 57.8 Å². The third-order valence-corrected chi connectivity index (χ3v) is 4.85. The standard InChI is InChI=1S/C21H34O4/c1-3-4-7-10-18(22)15-13-17-14-16-20(23)19(17)11-8-5-6-9-12-21(24)25-2/h13-19,22H,3-12H2,1-2H3/b15-13+/t17-,18-,19+/m0/s1. The van der Waals surface area contributed by atoms with Crippen molar-refractivity contribution < 1.29 is 19.4 Å². The lowest BCUT2D eigenvalue weighted by atomic mass is 9.88. The van der Waals surface area contributed by atoms with Gasteiger partial charge < -0.3 is 9.84 Å². The number of rotatable bonds is 13. The van der Waals surface area contributed by atoms with Crippen molar-refractivity contribution in [2.45, 2.75) is 77.2 Å². The van der Waals surface area contributed by atoms with E-state index in [9.17, 15) is 14.7 Å². The minimum atomic E-state index is -0.408. The van der Waals surface area contributed by atoms with Crippen LogP contribution in [0, 0.1) is 11.8 Å². The maximum absolute atomic E-state index is 12.0. The van der Waals surface area contributed by atoms with Gasteiger partial charge in [-0.05, 0) is 25.3 Å². The van der Waals surface area contributed by atoms with Crippen LogP contribution in [0.3, 0.4) is 0 Å². The number of carbonyl (C=O) groups excluding carboxylic acids is 2. The van der Waals surface area contributed by atoms with Gasteiger partial charge in [0.1, 0.15) is 0 Å². The van der Waals surface area contributed by atoms with E-state index >= 15 is 0 Å². The van der Waals surface area contributed by atoms with E-state index in [-0.39, 0.29) is 23.6 Å². The minimum Gasteiger partial charge on any atom is -0.469 e. The van der Waals surface area contributed by atoms with Gasteiger partial charge in [0.25, 0.3) is 0 Å². The van der Waals surface area contributed by atoms with Crippen molar-refractivity contribution in [3.05, 3.63) is 24.3 Å². The Labute approximate surface area is 152 Å². The van der Waals surface area contributed by atoms with Crippen LogP contribution < -0.4 is 0 Å². The molecule has 0 aromatic heterocycles. The van der Waals surface area contributed by atoms with Crippen molar-refractivity contribution in [2.24, 2.45) is 11.8 Å². The Hall–Kier alpha value is -1.42. The average molecular weight is 350 g/mol. The van der Waals surface area contributed by atoms with Gasteiger partial charge in [-0.1, -0.05) is 63.7 Å². The molecule has 142 valence electrons. The third-order valence-electron chi connectivity index (χ3n) is 4.85. The minimum absolute atomic E-state index is 0.0136. The topological polar surface area (TPSA) is 63.6 Å². The second-order valence-electron chi connectivity index (χ2n) is 6.92. The van der Waals surface area contributed by atoms with Gasteiger partial charge in [-0.2, -0.15) is 0 Å². The number of aliphatic hydroxyl groups is 1. The molecule has 0 spiro atoms. The zero-order valence-electron chi connectivity index (χ0n) is 15.8. The fourth-order valence-corrected chi connectivity index (χ4v) is 3.23. The number of hydrogen-bond acceptors (Lipinski definition) is 4. The number of allylic oxidation sites excluding steroid dienone is 3. The van der Waals surface area contributed by atoms with Gasteiger partial charge >= 0.3 is 5.97 Å². The Balaban J connectivity index is 2.27. The molecule has 1 aliphatic carbocycles. The molecule has 0 radical (unpaired) electrons. The lowest BCUT2D eigenvalue weighted by Crippen LogP contribution is -2.15. The summed E-state index contributed by atoms with van der Waals surface area (Å²) >= 11 is 0. The lowest BCUT2D eigenvalue weighted by Gasteiger charge is -2.15. The second kappa shape index (κ2) is 12.9. The zero-order valence-corrected chi connectivity index (χ0v) is 15.8. The molecular formula is C21H34O4. The molecule has 0 heterocycles. The van der Waals surface area contributed by atoms with Gasteiger partial charge in [-0.3, -0.25) is 9.59 Å². The highest BCUT2D eigenvalue weighted by Crippen LogP contribution is 2.29. The highest BCUT2D eigenvalue weighted by atomic mass is 16.5. The van der Waals surface area contributed by atoms with Gasteiger partial charge in [0.05, 0.1) is 13.2 Å². The molecule has 0 saturated heterocycles. The number of hydrogen-bond donors (Lipinski definition) is 1. The van der Waals surface area contributed by atoms with Crippen LogP contribution in [-0.4, -0.2) is 30.1 Å². The van der Waals surface area contributed by atoms with Gasteiger partial charge in [0.15, 0.2) is 5.78 Å². The molecule has 0 aromatic rings. The van der Waals surface area contributed by atoms with E-state index in [0.29, 0.717) is 6.42 Å². The van der Waals surface area contributed by atoms with Crippen LogP contribution in [-0.2, 0) is 14.3 Å². The van der Waals surface area contributed by atoms with Crippen LogP contribution in [0.5, 0.6) is 0 Å². The Kier molecular flexibility index (Phi) is 11.1. The maximum atomic E-state index is 12.0. The molecule has 0 fully saturated rings. The van der Waals surface area contributed by atoms with Crippen LogP contribution in [0.25, 0.3) is 0 Å². The van der Waals surface area contributed by atoms with Crippen molar-refractivity contribution >= 4 is 11.8 Å². The summed E-state index contributed by atoms with van der Waals surface area (Å²) in [4.78, 5) is 23.1. The maximum Gasteiger partial charge on any atom is 0.305 e. The largest absolute Gasteiger partial charge is 0.469 e. The molecule has 0 unspecified atom stereocenters. The normalized spacial score (nSPS) is 21.2. The molecule has 4 nitrogen and oxygen atoms in total. The van der Waals surface area contributed by atoms with E-state index in [4.69, 9.17) is 0 Å². The fourth-order valence-electron chi connectivity index (χ4n) is 3.23. The molecule has 25 heavy (non-hydrogen) atoms. The quantitative estimate of drug-likeness (QED) is 0.304. The molecule has 3 atom stereocenters. The van der Waals surface area contributed by atoms with Gasteiger partial charge in [-0.25, -0.2) is 0 Å². The van der Waals surface area contributed by atoms with Crippen molar-refractivity contribution in [3.8, 4) is 0 Å². The Morgan fingerprint density at radius 3 is 2.72 bits per heavy atom. The highest BCUT2D eigenvalue weighted by Gasteiger charge is 2.27. The van der Waals surface area contributed by atoms with E-state index < -0.39 is 6.10 Å². The second-order valence-corrected chi connectivity index (χ2v) is 6.92. The number of ether oxygens (including phenoxy) is 1. The fraction of sp³-hybridized carbons (Fsp3) is 0.714. The molecule has 0 saturated carbocycles. The monoisotopic (exact) mass is 350 g/mol. The zero-order chi connectivity index (χ0) is 18.5. The van der Waals surface area contributed by atoms with E-state index in [1.807, 2.05) is 18.2 Å². The molecule has 4 heteroatoms. The van der Waals surface area contributed by atoms with Crippen LogP contribution in [0.2, 0.25) is 0 Å². The summed E-state index contributed by atoms with van der Waals surface area (Å²) in [7, 11) is 1.41. The first-order valence-corrected chi connectivity index (χ1v) is 9.73. The predicted molar refractivity (Wildman–Crippen MR) is 100 cm³/mol. The molecular weight excluding hydrogens is 316 g/mol. The molecule has 1 rings (SSSR count). The van der Waals surface area contributed by atoms with Gasteiger partial charge in [0, 0.05) is 18.3 Å². The average Bonchev–Trinajstić information content (AvgIpc) is 2.96. The number of aliphatic hydroxyl groups excluding tert-OH is 1. The van der Waals surface area contributed by atoms with Gasteiger partial charge in [0.2, 0.25) is 0 Å². The lowest BCUT2D eigenvalue weighted by molar-refractivity contribution is -0.140. The molecule has 0 aromatic carbocycles. The number of unbranched alkanes of at least 4 members (excludes halogenated alkanes) is 5. The summed E-state index contributed by atoms with van der Waals surface area (Å²) in [6, 6.07) is 0. The van der Waals surface area contributed by atoms with E-state index in [2.05, 4.69) is 11.7 Å². The first-order chi connectivity index (χ1) is 12.1. The number of methoxy groups -OCH3 is 1. The molecule has 1 aliphatic rings. The number of carbonyl (C=O) groups is 2. The van der Waals surface area contributed by atoms with Crippen molar-refractivity contribution in [2.75, 3.05) is 7.11 Å². The Bertz CT molecular complexity index is 453. The van der Waals surface area contributed by atoms with Crippen molar-refractivity contribution in [1.29, 1.82) is 0 Å². The summed E-state index contributed by atoms with van der Waals surface area (Å²) in [6.07, 6.45) is 16.4. The smallest absolute Gasteiger partial charge is 0.305 e. The summed E-state index contributed by atoms with van der Waals surface area (Å²) in [6.45, 7) is 2.15. The molecule has 0 aliphatic heterocycles. The highest BCUT2D eigenvalue weighted by molar-refractivity contribution is 5.94. The summed E-state index contributed by atoms with van der Waals surface area (Å²) in [5.74, 6) is 0.172.